The average Bonchev–Trinajstić information content (AvgIpc) is 2.69. The first-order valence-corrected chi connectivity index (χ1v) is 8.98. The van der Waals surface area contributed by atoms with Gasteiger partial charge in [-0.25, -0.2) is 0 Å². The van der Waals surface area contributed by atoms with Crippen molar-refractivity contribution in [3.8, 4) is 17.2 Å². The molecule has 27 heavy (non-hydrogen) atoms. The fourth-order valence-electron chi connectivity index (χ4n) is 2.67. The Labute approximate surface area is 162 Å². The van der Waals surface area contributed by atoms with Gasteiger partial charge in [-0.3, -0.25) is 4.79 Å². The zero-order valence-electron chi connectivity index (χ0n) is 15.0. The highest BCUT2D eigenvalue weighted by Crippen LogP contribution is 2.32. The standard InChI is InChI=1S/C20H21ClO6/c1-23-17-4-6-18(7-5-17)25-8-2-3-19(22)26-12-15-10-16(21)9-14-11-24-13-27-20(14)15/h4-7,9-10H,2-3,8,11-13H2,1H3. The van der Waals surface area contributed by atoms with E-state index in [1.165, 1.54) is 0 Å². The summed E-state index contributed by atoms with van der Waals surface area (Å²) in [6, 6.07) is 10.8. The minimum Gasteiger partial charge on any atom is -0.497 e. The van der Waals surface area contributed by atoms with Gasteiger partial charge in [-0.05, 0) is 42.8 Å². The fraction of sp³-hybridized carbons (Fsp3) is 0.350. The van der Waals surface area contributed by atoms with E-state index in [-0.39, 0.29) is 25.8 Å². The summed E-state index contributed by atoms with van der Waals surface area (Å²) in [4.78, 5) is 12.0. The Bertz CT molecular complexity index is 775. The van der Waals surface area contributed by atoms with Gasteiger partial charge >= 0.3 is 5.97 Å². The molecule has 2 aromatic carbocycles. The number of hydrogen-bond donors (Lipinski definition) is 0. The molecular weight excluding hydrogens is 372 g/mol. The van der Waals surface area contributed by atoms with E-state index in [4.69, 9.17) is 35.3 Å². The van der Waals surface area contributed by atoms with Crippen molar-refractivity contribution < 1.29 is 28.5 Å². The van der Waals surface area contributed by atoms with Crippen LogP contribution in [-0.4, -0.2) is 26.5 Å². The Hall–Kier alpha value is -2.44. The Morgan fingerprint density at radius 3 is 2.74 bits per heavy atom. The molecule has 0 bridgehead atoms. The molecule has 0 spiro atoms. The van der Waals surface area contributed by atoms with Crippen molar-refractivity contribution in [2.45, 2.75) is 26.1 Å². The molecule has 0 aromatic heterocycles. The highest BCUT2D eigenvalue weighted by molar-refractivity contribution is 6.30. The summed E-state index contributed by atoms with van der Waals surface area (Å²) in [7, 11) is 1.61. The van der Waals surface area contributed by atoms with Crippen molar-refractivity contribution in [2.75, 3.05) is 20.5 Å². The van der Waals surface area contributed by atoms with E-state index < -0.39 is 0 Å². The zero-order valence-corrected chi connectivity index (χ0v) is 15.8. The lowest BCUT2D eigenvalue weighted by atomic mass is 10.1. The number of halogens is 1. The number of rotatable bonds is 8. The molecule has 0 radical (unpaired) electrons. The minimum atomic E-state index is -0.297. The lowest BCUT2D eigenvalue weighted by Gasteiger charge is -2.21. The van der Waals surface area contributed by atoms with Gasteiger partial charge in [-0.1, -0.05) is 11.6 Å². The van der Waals surface area contributed by atoms with Crippen LogP contribution in [-0.2, 0) is 27.5 Å². The summed E-state index contributed by atoms with van der Waals surface area (Å²) in [5.41, 5.74) is 1.59. The third-order valence-corrected chi connectivity index (χ3v) is 4.21. The Morgan fingerprint density at radius 1 is 1.19 bits per heavy atom. The topological polar surface area (TPSA) is 63.2 Å². The number of hydrogen-bond acceptors (Lipinski definition) is 6. The van der Waals surface area contributed by atoms with Crippen LogP contribution in [0.5, 0.6) is 17.2 Å². The number of ether oxygens (including phenoxy) is 5. The van der Waals surface area contributed by atoms with Gasteiger partial charge < -0.3 is 23.7 Å². The second-order valence-corrected chi connectivity index (χ2v) is 6.39. The summed E-state index contributed by atoms with van der Waals surface area (Å²) >= 11 is 6.10. The third kappa shape index (κ3) is 5.52. The normalized spacial score (nSPS) is 12.7. The molecule has 0 aliphatic carbocycles. The number of carbonyl (C=O) groups excluding carboxylic acids is 1. The summed E-state index contributed by atoms with van der Waals surface area (Å²) < 4.78 is 26.8. The van der Waals surface area contributed by atoms with Crippen molar-refractivity contribution in [2.24, 2.45) is 0 Å². The molecule has 1 aliphatic heterocycles. The van der Waals surface area contributed by atoms with Gasteiger partial charge in [0.25, 0.3) is 0 Å². The van der Waals surface area contributed by atoms with E-state index in [2.05, 4.69) is 0 Å². The molecule has 0 saturated carbocycles. The van der Waals surface area contributed by atoms with Crippen LogP contribution >= 0.6 is 11.6 Å². The Morgan fingerprint density at radius 2 is 1.96 bits per heavy atom. The van der Waals surface area contributed by atoms with Crippen LogP contribution in [0.15, 0.2) is 36.4 Å². The quantitative estimate of drug-likeness (QED) is 0.497. The first-order valence-electron chi connectivity index (χ1n) is 8.60. The summed E-state index contributed by atoms with van der Waals surface area (Å²) in [5.74, 6) is 1.88. The molecule has 0 atom stereocenters. The molecule has 6 nitrogen and oxygen atoms in total. The molecule has 144 valence electrons. The molecule has 1 aliphatic rings. The first kappa shape index (κ1) is 19.3. The van der Waals surface area contributed by atoms with Crippen molar-refractivity contribution in [3.05, 3.63) is 52.5 Å². The van der Waals surface area contributed by atoms with Gasteiger partial charge in [0.2, 0.25) is 0 Å². The van der Waals surface area contributed by atoms with E-state index in [1.54, 1.807) is 19.2 Å². The SMILES string of the molecule is COc1ccc(OCCCC(=O)OCc2cc(Cl)cc3c2OCOC3)cc1. The lowest BCUT2D eigenvalue weighted by molar-refractivity contribution is -0.145. The number of fused-ring (bicyclic) bond motifs is 1. The second-order valence-electron chi connectivity index (χ2n) is 5.95. The molecule has 0 fully saturated rings. The summed E-state index contributed by atoms with van der Waals surface area (Å²) in [6.45, 7) is 1.15. The molecule has 1 heterocycles. The first-order chi connectivity index (χ1) is 13.2. The van der Waals surface area contributed by atoms with Crippen LogP contribution < -0.4 is 14.2 Å². The van der Waals surface area contributed by atoms with Crippen LogP contribution in [0.1, 0.15) is 24.0 Å². The monoisotopic (exact) mass is 392 g/mol. The van der Waals surface area contributed by atoms with Crippen LogP contribution in [0.2, 0.25) is 5.02 Å². The predicted octanol–water partition coefficient (Wildman–Crippen LogP) is 4.12. The number of benzene rings is 2. The molecule has 0 unspecified atom stereocenters. The highest BCUT2D eigenvalue weighted by Gasteiger charge is 2.17. The molecule has 3 rings (SSSR count). The van der Waals surface area contributed by atoms with Crippen LogP contribution in [0.25, 0.3) is 0 Å². The number of esters is 1. The number of methoxy groups -OCH3 is 1. The largest absolute Gasteiger partial charge is 0.497 e. The van der Waals surface area contributed by atoms with E-state index >= 15 is 0 Å². The van der Waals surface area contributed by atoms with E-state index in [1.807, 2.05) is 24.3 Å². The van der Waals surface area contributed by atoms with Crippen LogP contribution in [0, 0.1) is 0 Å². The second kappa shape index (κ2) is 9.48. The minimum absolute atomic E-state index is 0.112. The van der Waals surface area contributed by atoms with Crippen molar-refractivity contribution in [1.29, 1.82) is 0 Å². The van der Waals surface area contributed by atoms with E-state index in [0.717, 1.165) is 22.6 Å². The molecule has 0 saturated heterocycles. The van der Waals surface area contributed by atoms with Crippen LogP contribution in [0.3, 0.4) is 0 Å². The molecule has 2 aromatic rings. The van der Waals surface area contributed by atoms with E-state index in [0.29, 0.717) is 30.4 Å². The maximum atomic E-state index is 12.0. The Kier molecular flexibility index (Phi) is 6.79. The predicted molar refractivity (Wildman–Crippen MR) is 99.3 cm³/mol. The summed E-state index contributed by atoms with van der Waals surface area (Å²) in [5, 5.41) is 0.557. The van der Waals surface area contributed by atoms with Crippen molar-refractivity contribution in [1.82, 2.24) is 0 Å². The van der Waals surface area contributed by atoms with Crippen molar-refractivity contribution in [3.63, 3.8) is 0 Å². The van der Waals surface area contributed by atoms with Gasteiger partial charge in [0, 0.05) is 22.6 Å². The van der Waals surface area contributed by atoms with Crippen LogP contribution in [0.4, 0.5) is 0 Å². The molecule has 0 N–H and O–H groups in total. The lowest BCUT2D eigenvalue weighted by Crippen LogP contribution is -2.14. The zero-order chi connectivity index (χ0) is 19.1. The molecule has 0 amide bonds. The van der Waals surface area contributed by atoms with Crippen molar-refractivity contribution >= 4 is 17.6 Å². The van der Waals surface area contributed by atoms with Gasteiger partial charge in [-0.15, -0.1) is 0 Å². The number of carbonyl (C=O) groups is 1. The molecular formula is C20H21ClO6. The van der Waals surface area contributed by atoms with Gasteiger partial charge in [-0.2, -0.15) is 0 Å². The molecule has 7 heteroatoms. The maximum absolute atomic E-state index is 12.0. The smallest absolute Gasteiger partial charge is 0.306 e. The fourth-order valence-corrected chi connectivity index (χ4v) is 2.94. The third-order valence-electron chi connectivity index (χ3n) is 3.99. The van der Waals surface area contributed by atoms with Gasteiger partial charge in [0.1, 0.15) is 23.9 Å². The average molecular weight is 393 g/mol. The maximum Gasteiger partial charge on any atom is 0.306 e. The Balaban J connectivity index is 1.41. The van der Waals surface area contributed by atoms with Gasteiger partial charge in [0.05, 0.1) is 20.3 Å². The van der Waals surface area contributed by atoms with E-state index in [9.17, 15) is 4.79 Å². The van der Waals surface area contributed by atoms with Gasteiger partial charge in [0.15, 0.2) is 6.79 Å². The highest BCUT2D eigenvalue weighted by atomic mass is 35.5. The summed E-state index contributed by atoms with van der Waals surface area (Å²) in [6.07, 6.45) is 0.825.